The molecule has 0 aliphatic heterocycles. The van der Waals surface area contributed by atoms with Crippen LogP contribution in [0.4, 0.5) is 8.78 Å². The third kappa shape index (κ3) is 2.77. The van der Waals surface area contributed by atoms with E-state index < -0.39 is 11.6 Å². The van der Waals surface area contributed by atoms with Gasteiger partial charge in [0.1, 0.15) is 0 Å². The second-order valence-electron chi connectivity index (χ2n) is 4.34. The number of hydrogen-bond acceptors (Lipinski definition) is 1. The zero-order valence-electron chi connectivity index (χ0n) is 10.7. The first-order valence-electron chi connectivity index (χ1n) is 5.95. The molecule has 0 amide bonds. The number of rotatable bonds is 3. The Morgan fingerprint density at radius 1 is 1.05 bits per heavy atom. The van der Waals surface area contributed by atoms with Crippen molar-refractivity contribution in [2.75, 3.05) is 7.05 Å². The highest BCUT2D eigenvalue weighted by Crippen LogP contribution is 2.34. The maximum Gasteiger partial charge on any atom is 0.160 e. The molecule has 0 radical (unpaired) electrons. The molecule has 0 saturated heterocycles. The van der Waals surface area contributed by atoms with Crippen molar-refractivity contribution in [3.63, 3.8) is 0 Å². The maximum atomic E-state index is 13.4. The molecule has 1 unspecified atom stereocenters. The van der Waals surface area contributed by atoms with Crippen molar-refractivity contribution < 1.29 is 8.78 Å². The molecule has 1 atom stereocenters. The molecule has 0 saturated carbocycles. The largest absolute Gasteiger partial charge is 0.313 e. The molecule has 0 aliphatic rings. The van der Waals surface area contributed by atoms with Crippen LogP contribution < -0.4 is 5.32 Å². The fourth-order valence-corrected chi connectivity index (χ4v) is 2.26. The quantitative estimate of drug-likeness (QED) is 0.813. The van der Waals surface area contributed by atoms with Crippen LogP contribution in [0.2, 0.25) is 5.02 Å². The SMILES string of the molecule is CNC(C)c1ccccc1-c1cc(F)c(F)cc1Cl. The lowest BCUT2D eigenvalue weighted by Gasteiger charge is -2.17. The third-order valence-corrected chi connectivity index (χ3v) is 3.47. The third-order valence-electron chi connectivity index (χ3n) is 3.16. The van der Waals surface area contributed by atoms with Crippen LogP contribution in [0.25, 0.3) is 11.1 Å². The second kappa shape index (κ2) is 5.68. The van der Waals surface area contributed by atoms with Crippen LogP contribution in [0, 0.1) is 11.6 Å². The van der Waals surface area contributed by atoms with Crippen molar-refractivity contribution in [3.8, 4) is 11.1 Å². The Bertz CT molecular complexity index is 599. The van der Waals surface area contributed by atoms with E-state index in [0.717, 1.165) is 23.3 Å². The summed E-state index contributed by atoms with van der Waals surface area (Å²) in [5, 5.41) is 3.33. The van der Waals surface area contributed by atoms with Crippen LogP contribution in [0.3, 0.4) is 0 Å². The standard InChI is InChI=1S/C15H14ClF2N/c1-9(19-2)10-5-3-4-6-11(10)12-7-14(17)15(18)8-13(12)16/h3-9,19H,1-2H3. The molecule has 0 bridgehead atoms. The lowest BCUT2D eigenvalue weighted by atomic mass is 9.95. The second-order valence-corrected chi connectivity index (χ2v) is 4.75. The van der Waals surface area contributed by atoms with E-state index in [1.54, 1.807) is 0 Å². The van der Waals surface area contributed by atoms with Gasteiger partial charge in [0.05, 0.1) is 5.02 Å². The average molecular weight is 282 g/mol. The molecule has 0 spiro atoms. The molecule has 0 aromatic heterocycles. The van der Waals surface area contributed by atoms with E-state index in [1.165, 1.54) is 0 Å². The van der Waals surface area contributed by atoms with Crippen LogP contribution >= 0.6 is 11.6 Å². The zero-order valence-corrected chi connectivity index (χ0v) is 11.4. The van der Waals surface area contributed by atoms with Gasteiger partial charge in [-0.1, -0.05) is 35.9 Å². The van der Waals surface area contributed by atoms with Crippen molar-refractivity contribution in [2.45, 2.75) is 13.0 Å². The molecule has 0 heterocycles. The van der Waals surface area contributed by atoms with E-state index >= 15 is 0 Å². The molecule has 1 N–H and O–H groups in total. The van der Waals surface area contributed by atoms with E-state index in [2.05, 4.69) is 5.32 Å². The summed E-state index contributed by atoms with van der Waals surface area (Å²) >= 11 is 6.03. The smallest absolute Gasteiger partial charge is 0.160 e. The van der Waals surface area contributed by atoms with Crippen molar-refractivity contribution in [2.24, 2.45) is 0 Å². The number of halogens is 3. The highest BCUT2D eigenvalue weighted by atomic mass is 35.5. The van der Waals surface area contributed by atoms with E-state index in [-0.39, 0.29) is 11.1 Å². The Labute approximate surface area is 116 Å². The van der Waals surface area contributed by atoms with Gasteiger partial charge in [-0.15, -0.1) is 0 Å². The molecule has 19 heavy (non-hydrogen) atoms. The Morgan fingerprint density at radius 2 is 1.68 bits per heavy atom. The van der Waals surface area contributed by atoms with Crippen LogP contribution in [0.5, 0.6) is 0 Å². The topological polar surface area (TPSA) is 12.0 Å². The van der Waals surface area contributed by atoms with E-state index in [4.69, 9.17) is 11.6 Å². The number of hydrogen-bond donors (Lipinski definition) is 1. The monoisotopic (exact) mass is 281 g/mol. The highest BCUT2D eigenvalue weighted by Gasteiger charge is 2.15. The average Bonchev–Trinajstić information content (AvgIpc) is 2.42. The first-order valence-corrected chi connectivity index (χ1v) is 6.33. The number of benzene rings is 2. The Kier molecular flexibility index (Phi) is 4.17. The van der Waals surface area contributed by atoms with Gasteiger partial charge in [-0.2, -0.15) is 0 Å². The summed E-state index contributed by atoms with van der Waals surface area (Å²) < 4.78 is 26.5. The van der Waals surface area contributed by atoms with Crippen molar-refractivity contribution in [1.82, 2.24) is 5.32 Å². The van der Waals surface area contributed by atoms with Gasteiger partial charge in [0.2, 0.25) is 0 Å². The van der Waals surface area contributed by atoms with Crippen molar-refractivity contribution in [3.05, 3.63) is 58.6 Å². The summed E-state index contributed by atoms with van der Waals surface area (Å²) in [5.41, 5.74) is 2.28. The minimum Gasteiger partial charge on any atom is -0.313 e. The lowest BCUT2D eigenvalue weighted by Crippen LogP contribution is -2.13. The summed E-state index contributed by atoms with van der Waals surface area (Å²) in [7, 11) is 1.84. The van der Waals surface area contributed by atoms with Crippen LogP contribution in [0.1, 0.15) is 18.5 Å². The fourth-order valence-electron chi connectivity index (χ4n) is 2.00. The first kappa shape index (κ1) is 14.0. The number of nitrogens with one attached hydrogen (secondary N) is 1. The van der Waals surface area contributed by atoms with Crippen LogP contribution in [-0.4, -0.2) is 7.05 Å². The predicted octanol–water partition coefficient (Wildman–Crippen LogP) is 4.57. The Hall–Kier alpha value is -1.45. The molecular weight excluding hydrogens is 268 g/mol. The summed E-state index contributed by atoms with van der Waals surface area (Å²) in [6.07, 6.45) is 0. The van der Waals surface area contributed by atoms with Gasteiger partial charge in [-0.25, -0.2) is 8.78 Å². The first-order chi connectivity index (χ1) is 9.04. The highest BCUT2D eigenvalue weighted by molar-refractivity contribution is 6.33. The molecule has 0 aliphatic carbocycles. The summed E-state index contributed by atoms with van der Waals surface area (Å²) in [5.74, 6) is -1.83. The van der Waals surface area contributed by atoms with Gasteiger partial charge >= 0.3 is 0 Å². The van der Waals surface area contributed by atoms with Crippen LogP contribution in [-0.2, 0) is 0 Å². The summed E-state index contributed by atoms with van der Waals surface area (Å²) in [6, 6.07) is 9.77. The summed E-state index contributed by atoms with van der Waals surface area (Å²) in [6.45, 7) is 1.99. The molecular formula is C15H14ClF2N. The van der Waals surface area contributed by atoms with Crippen molar-refractivity contribution >= 4 is 11.6 Å². The molecule has 0 fully saturated rings. The molecule has 4 heteroatoms. The predicted molar refractivity (Wildman–Crippen MR) is 74.3 cm³/mol. The minimum atomic E-state index is -0.937. The lowest BCUT2D eigenvalue weighted by molar-refractivity contribution is 0.509. The minimum absolute atomic E-state index is 0.0837. The van der Waals surface area contributed by atoms with Gasteiger partial charge in [-0.3, -0.25) is 0 Å². The normalized spacial score (nSPS) is 12.5. The van der Waals surface area contributed by atoms with Gasteiger partial charge in [-0.05, 0) is 37.2 Å². The Balaban J connectivity index is 2.62. The fraction of sp³-hybridized carbons (Fsp3) is 0.200. The molecule has 2 aromatic carbocycles. The van der Waals surface area contributed by atoms with Gasteiger partial charge < -0.3 is 5.32 Å². The van der Waals surface area contributed by atoms with Crippen molar-refractivity contribution in [1.29, 1.82) is 0 Å². The van der Waals surface area contributed by atoms with Gasteiger partial charge in [0.15, 0.2) is 11.6 Å². The van der Waals surface area contributed by atoms with Gasteiger partial charge in [0, 0.05) is 11.6 Å². The molecule has 2 rings (SSSR count). The molecule has 100 valence electrons. The summed E-state index contributed by atoms with van der Waals surface area (Å²) in [4.78, 5) is 0. The maximum absolute atomic E-state index is 13.4. The molecule has 1 nitrogen and oxygen atoms in total. The van der Waals surface area contributed by atoms with E-state index in [9.17, 15) is 8.78 Å². The van der Waals surface area contributed by atoms with Crippen LogP contribution in [0.15, 0.2) is 36.4 Å². The Morgan fingerprint density at radius 3 is 2.37 bits per heavy atom. The van der Waals surface area contributed by atoms with Gasteiger partial charge in [0.25, 0.3) is 0 Å². The zero-order chi connectivity index (χ0) is 14.0. The molecule has 2 aromatic rings. The van der Waals surface area contributed by atoms with E-state index in [1.807, 2.05) is 38.2 Å². The van der Waals surface area contributed by atoms with E-state index in [0.29, 0.717) is 5.56 Å².